The predicted molar refractivity (Wildman–Crippen MR) is 77.3 cm³/mol. The van der Waals surface area contributed by atoms with Gasteiger partial charge in [-0.3, -0.25) is 4.90 Å². The van der Waals surface area contributed by atoms with Gasteiger partial charge in [-0.2, -0.15) is 0 Å². The van der Waals surface area contributed by atoms with Gasteiger partial charge in [-0.25, -0.2) is 4.79 Å². The van der Waals surface area contributed by atoms with Crippen molar-refractivity contribution in [3.63, 3.8) is 0 Å². The number of rotatable bonds is 3. The van der Waals surface area contributed by atoms with Gasteiger partial charge >= 0.3 is 5.97 Å². The normalized spacial score (nSPS) is 20.6. The van der Waals surface area contributed by atoms with Crippen LogP contribution in [0.3, 0.4) is 0 Å². The number of benzene rings is 1. The number of carbonyl (C=O) groups is 1. The minimum atomic E-state index is -0.985. The Morgan fingerprint density at radius 3 is 2.79 bits per heavy atom. The molecule has 1 saturated heterocycles. The zero-order chi connectivity index (χ0) is 14.0. The van der Waals surface area contributed by atoms with Crippen LogP contribution in [-0.2, 0) is 0 Å². The van der Waals surface area contributed by atoms with E-state index in [0.717, 1.165) is 31.7 Å². The Labute approximate surface area is 118 Å². The van der Waals surface area contributed by atoms with Gasteiger partial charge in [0.05, 0.1) is 10.6 Å². The summed E-state index contributed by atoms with van der Waals surface area (Å²) >= 11 is 6.02. The van der Waals surface area contributed by atoms with Gasteiger partial charge in [-0.05, 0) is 31.7 Å². The molecule has 2 rings (SSSR count). The van der Waals surface area contributed by atoms with E-state index in [0.29, 0.717) is 11.1 Å². The van der Waals surface area contributed by atoms with Crippen molar-refractivity contribution in [1.29, 1.82) is 0 Å². The van der Waals surface area contributed by atoms with Gasteiger partial charge in [0.15, 0.2) is 0 Å². The van der Waals surface area contributed by atoms with Gasteiger partial charge in [-0.15, -0.1) is 0 Å². The Balaban J connectivity index is 2.18. The highest BCUT2D eigenvalue weighted by molar-refractivity contribution is 6.33. The third-order valence-corrected chi connectivity index (χ3v) is 4.11. The van der Waals surface area contributed by atoms with Gasteiger partial charge in [-0.1, -0.05) is 18.5 Å². The fourth-order valence-electron chi connectivity index (χ4n) is 2.50. The number of likely N-dealkylation sites (N-methyl/N-ethyl adjacent to an activating group) is 1. The molecule has 0 bridgehead atoms. The quantitative estimate of drug-likeness (QED) is 0.925. The number of carboxylic acids is 1. The molecular weight excluding hydrogens is 264 g/mol. The second-order valence-electron chi connectivity index (χ2n) is 4.96. The average Bonchev–Trinajstić information content (AvgIpc) is 2.38. The number of aromatic carboxylic acids is 1. The van der Waals surface area contributed by atoms with Crippen molar-refractivity contribution in [1.82, 2.24) is 4.90 Å². The van der Waals surface area contributed by atoms with Crippen LogP contribution in [0.15, 0.2) is 18.2 Å². The Morgan fingerprint density at radius 2 is 2.21 bits per heavy atom. The fourth-order valence-corrected chi connectivity index (χ4v) is 2.75. The van der Waals surface area contributed by atoms with E-state index in [1.807, 2.05) is 6.07 Å². The number of halogens is 1. The highest BCUT2D eigenvalue weighted by atomic mass is 35.5. The number of hydrogen-bond donors (Lipinski definition) is 1. The predicted octanol–water partition coefficient (Wildman–Crippen LogP) is 2.57. The third kappa shape index (κ3) is 3.01. The first kappa shape index (κ1) is 14.2. The number of carboxylic acid groups (broad SMARTS) is 1. The molecule has 1 atom stereocenters. The van der Waals surface area contributed by atoms with Crippen LogP contribution in [0.5, 0.6) is 0 Å². The fraction of sp³-hybridized carbons (Fsp3) is 0.500. The molecule has 1 aliphatic heterocycles. The lowest BCUT2D eigenvalue weighted by Gasteiger charge is -2.40. The van der Waals surface area contributed by atoms with Crippen LogP contribution in [-0.4, -0.2) is 48.7 Å². The molecule has 0 spiro atoms. The van der Waals surface area contributed by atoms with Gasteiger partial charge in [0.1, 0.15) is 0 Å². The van der Waals surface area contributed by atoms with Gasteiger partial charge in [0, 0.05) is 31.4 Å². The Bertz CT molecular complexity index is 479. The van der Waals surface area contributed by atoms with Crippen molar-refractivity contribution in [2.45, 2.75) is 19.4 Å². The lowest BCUT2D eigenvalue weighted by atomic mass is 10.1. The van der Waals surface area contributed by atoms with Gasteiger partial charge in [0.2, 0.25) is 0 Å². The molecule has 19 heavy (non-hydrogen) atoms. The molecule has 1 fully saturated rings. The molecule has 1 heterocycles. The van der Waals surface area contributed by atoms with Crippen molar-refractivity contribution >= 4 is 23.3 Å². The van der Waals surface area contributed by atoms with Crippen molar-refractivity contribution in [3.05, 3.63) is 28.8 Å². The maximum absolute atomic E-state index is 10.9. The first-order valence-corrected chi connectivity index (χ1v) is 6.88. The molecule has 4 nitrogen and oxygen atoms in total. The summed E-state index contributed by atoms with van der Waals surface area (Å²) in [6.07, 6.45) is 1.11. The minimum Gasteiger partial charge on any atom is -0.478 e. The molecule has 104 valence electrons. The average molecular weight is 283 g/mol. The van der Waals surface area contributed by atoms with E-state index in [2.05, 4.69) is 23.8 Å². The topological polar surface area (TPSA) is 43.8 Å². The summed E-state index contributed by atoms with van der Waals surface area (Å²) in [5, 5.41) is 9.28. The standard InChI is InChI=1S/C14H19ClN2O2/c1-3-10-9-17(7-6-16(10)2)11-4-5-12(14(18)19)13(15)8-11/h4-5,8,10H,3,6-7,9H2,1-2H3,(H,18,19). The third-order valence-electron chi connectivity index (χ3n) is 3.80. The van der Waals surface area contributed by atoms with E-state index < -0.39 is 5.97 Å². The van der Waals surface area contributed by atoms with E-state index in [1.165, 1.54) is 0 Å². The Kier molecular flexibility index (Phi) is 4.32. The maximum Gasteiger partial charge on any atom is 0.337 e. The van der Waals surface area contributed by atoms with Crippen LogP contribution in [0.25, 0.3) is 0 Å². The molecule has 1 aromatic carbocycles. The number of hydrogen-bond acceptors (Lipinski definition) is 3. The van der Waals surface area contributed by atoms with Crippen LogP contribution in [0.2, 0.25) is 5.02 Å². The molecule has 1 aliphatic rings. The van der Waals surface area contributed by atoms with Crippen LogP contribution in [0.4, 0.5) is 5.69 Å². The number of anilines is 1. The Hall–Kier alpha value is -1.26. The monoisotopic (exact) mass is 282 g/mol. The summed E-state index contributed by atoms with van der Waals surface area (Å²) in [5.41, 5.74) is 1.16. The second-order valence-corrected chi connectivity index (χ2v) is 5.37. The molecule has 1 N–H and O–H groups in total. The van der Waals surface area contributed by atoms with E-state index in [1.54, 1.807) is 12.1 Å². The van der Waals surface area contributed by atoms with Crippen molar-refractivity contribution in [2.75, 3.05) is 31.6 Å². The van der Waals surface area contributed by atoms with E-state index in [9.17, 15) is 4.79 Å². The minimum absolute atomic E-state index is 0.159. The Morgan fingerprint density at radius 1 is 1.47 bits per heavy atom. The summed E-state index contributed by atoms with van der Waals surface area (Å²) in [6, 6.07) is 5.71. The molecule has 5 heteroatoms. The molecule has 0 radical (unpaired) electrons. The first-order valence-electron chi connectivity index (χ1n) is 6.51. The highest BCUT2D eigenvalue weighted by Gasteiger charge is 2.23. The molecule has 0 amide bonds. The second kappa shape index (κ2) is 5.80. The van der Waals surface area contributed by atoms with Crippen LogP contribution >= 0.6 is 11.6 Å². The molecule has 0 aromatic heterocycles. The molecular formula is C14H19ClN2O2. The summed E-state index contributed by atoms with van der Waals surface area (Å²) in [6.45, 7) is 5.09. The molecule has 1 unspecified atom stereocenters. The van der Waals surface area contributed by atoms with Crippen LogP contribution < -0.4 is 4.90 Å². The van der Waals surface area contributed by atoms with E-state index >= 15 is 0 Å². The lowest BCUT2D eigenvalue weighted by molar-refractivity contribution is 0.0697. The summed E-state index contributed by atoms with van der Waals surface area (Å²) in [7, 11) is 2.14. The SMILES string of the molecule is CCC1CN(c2ccc(C(=O)O)c(Cl)c2)CCN1C. The van der Waals surface area contributed by atoms with E-state index in [4.69, 9.17) is 16.7 Å². The lowest BCUT2D eigenvalue weighted by Crippen LogP contribution is -2.51. The molecule has 0 saturated carbocycles. The smallest absolute Gasteiger partial charge is 0.337 e. The number of piperazine rings is 1. The van der Waals surface area contributed by atoms with Crippen molar-refractivity contribution < 1.29 is 9.90 Å². The van der Waals surface area contributed by atoms with Gasteiger partial charge < -0.3 is 10.0 Å². The first-order chi connectivity index (χ1) is 9.02. The summed E-state index contributed by atoms with van der Waals surface area (Å²) in [5.74, 6) is -0.985. The van der Waals surface area contributed by atoms with Crippen molar-refractivity contribution in [2.24, 2.45) is 0 Å². The molecule has 0 aliphatic carbocycles. The highest BCUT2D eigenvalue weighted by Crippen LogP contribution is 2.26. The zero-order valence-corrected chi connectivity index (χ0v) is 12.0. The maximum atomic E-state index is 10.9. The van der Waals surface area contributed by atoms with E-state index in [-0.39, 0.29) is 5.56 Å². The van der Waals surface area contributed by atoms with Crippen LogP contribution in [0, 0.1) is 0 Å². The zero-order valence-electron chi connectivity index (χ0n) is 11.3. The molecule has 1 aromatic rings. The van der Waals surface area contributed by atoms with Crippen molar-refractivity contribution in [3.8, 4) is 0 Å². The summed E-state index contributed by atoms with van der Waals surface area (Å²) < 4.78 is 0. The number of nitrogens with zero attached hydrogens (tertiary/aromatic N) is 2. The largest absolute Gasteiger partial charge is 0.478 e. The van der Waals surface area contributed by atoms with Crippen LogP contribution in [0.1, 0.15) is 23.7 Å². The van der Waals surface area contributed by atoms with Gasteiger partial charge in [0.25, 0.3) is 0 Å². The summed E-state index contributed by atoms with van der Waals surface area (Å²) in [4.78, 5) is 15.6.